The van der Waals surface area contributed by atoms with Crippen LogP contribution in [-0.4, -0.2) is 41.2 Å². The smallest absolute Gasteiger partial charge is 0.257 e. The van der Waals surface area contributed by atoms with Gasteiger partial charge < -0.3 is 4.42 Å². The standard InChI is InChI=1S/C25H27N3O2S/c29-25(18-27-12-10-20(11-13-27)16-19-6-2-1-3-7-19)28-22(23-8-4-14-30-23)17-21(26-28)24-9-5-15-31-24/h1-9,14-15,20,22H,10-13,16-18H2/t22-/m1/s1. The van der Waals surface area contributed by atoms with Crippen LogP contribution in [0.3, 0.4) is 0 Å². The first kappa shape index (κ1) is 20.2. The lowest BCUT2D eigenvalue weighted by Gasteiger charge is -2.32. The van der Waals surface area contributed by atoms with Gasteiger partial charge in [0.1, 0.15) is 11.8 Å². The fourth-order valence-electron chi connectivity index (χ4n) is 4.59. The summed E-state index contributed by atoms with van der Waals surface area (Å²) in [4.78, 5) is 16.6. The summed E-state index contributed by atoms with van der Waals surface area (Å²) in [5, 5.41) is 8.43. The molecule has 0 unspecified atom stereocenters. The average Bonchev–Trinajstić information content (AvgIpc) is 3.56. The van der Waals surface area contributed by atoms with Gasteiger partial charge in [0.15, 0.2) is 0 Å². The van der Waals surface area contributed by atoms with E-state index in [1.807, 2.05) is 23.6 Å². The summed E-state index contributed by atoms with van der Waals surface area (Å²) in [5.41, 5.74) is 2.37. The van der Waals surface area contributed by atoms with Gasteiger partial charge >= 0.3 is 0 Å². The van der Waals surface area contributed by atoms with Gasteiger partial charge in [-0.05, 0) is 67.4 Å². The second-order valence-corrected chi connectivity index (χ2v) is 9.35. The molecule has 5 nitrogen and oxygen atoms in total. The normalized spacial score (nSPS) is 20.2. The van der Waals surface area contributed by atoms with Crippen molar-refractivity contribution in [3.8, 4) is 0 Å². The van der Waals surface area contributed by atoms with Crippen LogP contribution in [0.15, 0.2) is 75.8 Å². The number of carbonyl (C=O) groups excluding carboxylic acids is 1. The molecule has 6 heteroatoms. The number of likely N-dealkylation sites (tertiary alicyclic amines) is 1. The monoisotopic (exact) mass is 433 g/mol. The molecule has 0 saturated carbocycles. The lowest BCUT2D eigenvalue weighted by atomic mass is 9.90. The van der Waals surface area contributed by atoms with Gasteiger partial charge in [0, 0.05) is 6.42 Å². The molecule has 0 bridgehead atoms. The van der Waals surface area contributed by atoms with E-state index in [1.54, 1.807) is 22.6 Å². The minimum atomic E-state index is -0.157. The van der Waals surface area contributed by atoms with Gasteiger partial charge in [0.2, 0.25) is 0 Å². The Morgan fingerprint density at radius 3 is 2.61 bits per heavy atom. The van der Waals surface area contributed by atoms with Crippen LogP contribution < -0.4 is 0 Å². The number of hydrazone groups is 1. The van der Waals surface area contributed by atoms with Crippen molar-refractivity contribution in [2.24, 2.45) is 11.0 Å². The van der Waals surface area contributed by atoms with Gasteiger partial charge in [-0.1, -0.05) is 36.4 Å². The Morgan fingerprint density at radius 2 is 1.90 bits per heavy atom. The minimum absolute atomic E-state index is 0.0504. The first-order chi connectivity index (χ1) is 15.3. The highest BCUT2D eigenvalue weighted by molar-refractivity contribution is 7.12. The molecule has 4 heterocycles. The Kier molecular flexibility index (Phi) is 6.00. The van der Waals surface area contributed by atoms with Crippen LogP contribution in [0.1, 0.15) is 41.5 Å². The molecule has 1 amide bonds. The summed E-state index contributed by atoms with van der Waals surface area (Å²) in [6, 6.07) is 18.4. The first-order valence-electron chi connectivity index (χ1n) is 11.0. The molecule has 1 atom stereocenters. The number of thiophene rings is 1. The summed E-state index contributed by atoms with van der Waals surface area (Å²) in [6.45, 7) is 2.34. The maximum Gasteiger partial charge on any atom is 0.257 e. The minimum Gasteiger partial charge on any atom is -0.467 e. The van der Waals surface area contributed by atoms with Crippen molar-refractivity contribution < 1.29 is 9.21 Å². The van der Waals surface area contributed by atoms with Crippen LogP contribution in [0.5, 0.6) is 0 Å². The van der Waals surface area contributed by atoms with Gasteiger partial charge in [-0.3, -0.25) is 9.69 Å². The van der Waals surface area contributed by atoms with Crippen LogP contribution in [-0.2, 0) is 11.2 Å². The molecular formula is C25H27N3O2S. The van der Waals surface area contributed by atoms with E-state index in [1.165, 1.54) is 5.56 Å². The summed E-state index contributed by atoms with van der Waals surface area (Å²) >= 11 is 1.66. The predicted molar refractivity (Wildman–Crippen MR) is 123 cm³/mol. The fourth-order valence-corrected chi connectivity index (χ4v) is 5.32. The van der Waals surface area contributed by atoms with Crippen molar-refractivity contribution in [3.05, 3.63) is 82.4 Å². The second-order valence-electron chi connectivity index (χ2n) is 8.41. The number of amides is 1. The van der Waals surface area contributed by atoms with Crippen molar-refractivity contribution in [1.29, 1.82) is 0 Å². The highest BCUT2D eigenvalue weighted by Gasteiger charge is 2.36. The summed E-state index contributed by atoms with van der Waals surface area (Å²) in [7, 11) is 0. The second kappa shape index (κ2) is 9.20. The third-order valence-corrected chi connectivity index (χ3v) is 7.20. The average molecular weight is 434 g/mol. The van der Waals surface area contributed by atoms with Crippen LogP contribution in [0.25, 0.3) is 0 Å². The molecule has 2 aromatic heterocycles. The molecule has 160 valence electrons. The Labute approximate surface area is 187 Å². The van der Waals surface area contributed by atoms with E-state index in [-0.39, 0.29) is 11.9 Å². The summed E-state index contributed by atoms with van der Waals surface area (Å²) in [5.74, 6) is 1.54. The molecule has 2 aliphatic rings. The molecule has 0 N–H and O–H groups in total. The molecule has 0 aliphatic carbocycles. The van der Waals surface area contributed by atoms with E-state index in [0.717, 1.165) is 48.7 Å². The SMILES string of the molecule is O=C(CN1CCC(Cc2ccccc2)CC1)N1N=C(c2cccs2)C[C@@H]1c1ccco1. The molecule has 0 spiro atoms. The van der Waals surface area contributed by atoms with Crippen LogP contribution in [0, 0.1) is 5.92 Å². The molecular weight excluding hydrogens is 406 g/mol. The number of nitrogens with zero attached hydrogens (tertiary/aromatic N) is 3. The van der Waals surface area contributed by atoms with E-state index >= 15 is 0 Å². The zero-order valence-corrected chi connectivity index (χ0v) is 18.3. The van der Waals surface area contributed by atoms with Crippen molar-refractivity contribution in [1.82, 2.24) is 9.91 Å². The fraction of sp³-hybridized carbons (Fsp3) is 0.360. The largest absolute Gasteiger partial charge is 0.467 e. The lowest BCUT2D eigenvalue weighted by molar-refractivity contribution is -0.135. The number of piperidine rings is 1. The van der Waals surface area contributed by atoms with Gasteiger partial charge in [-0.15, -0.1) is 11.3 Å². The van der Waals surface area contributed by atoms with E-state index in [4.69, 9.17) is 9.52 Å². The topological polar surface area (TPSA) is 49.1 Å². The summed E-state index contributed by atoms with van der Waals surface area (Å²) < 4.78 is 5.65. The highest BCUT2D eigenvalue weighted by Crippen LogP contribution is 2.34. The predicted octanol–water partition coefficient (Wildman–Crippen LogP) is 4.97. The van der Waals surface area contributed by atoms with Crippen molar-refractivity contribution in [2.75, 3.05) is 19.6 Å². The van der Waals surface area contributed by atoms with Crippen LogP contribution >= 0.6 is 11.3 Å². The first-order valence-corrected chi connectivity index (χ1v) is 11.9. The molecule has 1 aromatic carbocycles. The van der Waals surface area contributed by atoms with Gasteiger partial charge in [0.05, 0.1) is 23.4 Å². The van der Waals surface area contributed by atoms with Crippen LogP contribution in [0.2, 0.25) is 0 Å². The quantitative estimate of drug-likeness (QED) is 0.551. The number of hydrogen-bond donors (Lipinski definition) is 0. The van der Waals surface area contributed by atoms with Crippen molar-refractivity contribution in [2.45, 2.75) is 31.7 Å². The van der Waals surface area contributed by atoms with E-state index in [2.05, 4.69) is 41.3 Å². The maximum atomic E-state index is 13.2. The van der Waals surface area contributed by atoms with Crippen molar-refractivity contribution >= 4 is 23.0 Å². The summed E-state index contributed by atoms with van der Waals surface area (Å²) in [6.07, 6.45) is 5.75. The molecule has 1 fully saturated rings. The van der Waals surface area contributed by atoms with Gasteiger partial charge in [0.25, 0.3) is 5.91 Å². The third kappa shape index (κ3) is 4.65. The Bertz CT molecular complexity index is 1010. The molecule has 31 heavy (non-hydrogen) atoms. The van der Waals surface area contributed by atoms with Gasteiger partial charge in [-0.2, -0.15) is 5.10 Å². The number of hydrogen-bond acceptors (Lipinski definition) is 5. The van der Waals surface area contributed by atoms with Crippen molar-refractivity contribution in [3.63, 3.8) is 0 Å². The lowest BCUT2D eigenvalue weighted by Crippen LogP contribution is -2.42. The van der Waals surface area contributed by atoms with E-state index < -0.39 is 0 Å². The zero-order valence-electron chi connectivity index (χ0n) is 17.5. The van der Waals surface area contributed by atoms with Gasteiger partial charge in [-0.25, -0.2) is 5.01 Å². The third-order valence-electron chi connectivity index (χ3n) is 6.28. The van der Waals surface area contributed by atoms with E-state index in [0.29, 0.717) is 18.9 Å². The Hall–Kier alpha value is -2.70. The number of rotatable bonds is 6. The molecule has 0 radical (unpaired) electrons. The highest BCUT2D eigenvalue weighted by atomic mass is 32.1. The van der Waals surface area contributed by atoms with Crippen LogP contribution in [0.4, 0.5) is 0 Å². The number of benzene rings is 1. The molecule has 2 aliphatic heterocycles. The molecule has 3 aromatic rings. The maximum absolute atomic E-state index is 13.2. The number of furan rings is 1. The molecule has 5 rings (SSSR count). The molecule has 1 saturated heterocycles. The van der Waals surface area contributed by atoms with E-state index in [9.17, 15) is 4.79 Å². The number of carbonyl (C=O) groups is 1. The Balaban J connectivity index is 1.21. The Morgan fingerprint density at radius 1 is 1.06 bits per heavy atom. The zero-order chi connectivity index (χ0) is 21.0.